The van der Waals surface area contributed by atoms with Gasteiger partial charge in [-0.1, -0.05) is 6.08 Å². The van der Waals surface area contributed by atoms with Crippen molar-refractivity contribution in [3.8, 4) is 0 Å². The predicted molar refractivity (Wildman–Crippen MR) is 30.8 cm³/mol. The molecule has 0 unspecified atom stereocenters. The average Bonchev–Trinajstić information content (AvgIpc) is 1.90. The quantitative estimate of drug-likeness (QED) is 0.451. The lowest BCUT2D eigenvalue weighted by Gasteiger charge is -1.99. The molecule has 0 aliphatic carbocycles. The fourth-order valence-electron chi connectivity index (χ4n) is 0.442. The van der Waals surface area contributed by atoms with Crippen LogP contribution < -0.4 is 5.32 Å². The van der Waals surface area contributed by atoms with Crippen LogP contribution in [0, 0.1) is 6.20 Å². The van der Waals surface area contributed by atoms with Crippen LogP contribution in [0.5, 0.6) is 0 Å². The first-order valence-electron chi connectivity index (χ1n) is 2.29. The molecule has 0 atom stereocenters. The fourth-order valence-corrected chi connectivity index (χ4v) is 0.442. The Morgan fingerprint density at radius 3 is 3.00 bits per heavy atom. The normalized spacial score (nSPS) is 21.2. The van der Waals surface area contributed by atoms with Crippen molar-refractivity contribution in [3.63, 3.8) is 0 Å². The number of aliphatic hydroxyl groups is 1. The van der Waals surface area contributed by atoms with Crippen molar-refractivity contribution in [1.82, 2.24) is 5.32 Å². The van der Waals surface area contributed by atoms with Crippen LogP contribution in [0.3, 0.4) is 0 Å². The van der Waals surface area contributed by atoms with Gasteiger partial charge in [-0.25, -0.2) is 0 Å². The maximum absolute atomic E-state index is 8.36. The Hall–Kier alpha value is -1.18. The molecule has 1 rings (SSSR count). The van der Waals surface area contributed by atoms with E-state index in [0.717, 1.165) is 6.26 Å². The summed E-state index contributed by atoms with van der Waals surface area (Å²) < 4.78 is 0. The molecule has 1 heterocycles. The van der Waals surface area contributed by atoms with Crippen LogP contribution in [-0.4, -0.2) is 5.11 Å². The standard InChI is InChI=1S/C6H6NO/c8-5-6-3-1-2-4-7-6/h1-3,5,7-8H/b6-5-. The zero-order chi connectivity index (χ0) is 5.82. The minimum Gasteiger partial charge on any atom is -0.513 e. The van der Waals surface area contributed by atoms with Crippen LogP contribution in [0.25, 0.3) is 0 Å². The average molecular weight is 108 g/mol. The van der Waals surface area contributed by atoms with E-state index in [1.165, 1.54) is 0 Å². The molecule has 0 spiro atoms. The summed E-state index contributed by atoms with van der Waals surface area (Å²) in [6, 6.07) is 0. The summed E-state index contributed by atoms with van der Waals surface area (Å²) in [5, 5.41) is 11.0. The van der Waals surface area contributed by atoms with E-state index < -0.39 is 0 Å². The highest BCUT2D eigenvalue weighted by atomic mass is 16.2. The molecular formula is C6H6NO. The number of rotatable bonds is 0. The molecule has 2 heteroatoms. The molecular weight excluding hydrogens is 102 g/mol. The molecule has 0 aromatic rings. The minimum absolute atomic E-state index is 0.660. The highest BCUT2D eigenvalue weighted by Crippen LogP contribution is 1.94. The lowest BCUT2D eigenvalue weighted by atomic mass is 10.3. The lowest BCUT2D eigenvalue weighted by Crippen LogP contribution is -2.04. The summed E-state index contributed by atoms with van der Waals surface area (Å²) in [4.78, 5) is 0. The van der Waals surface area contributed by atoms with Crippen molar-refractivity contribution in [2.24, 2.45) is 0 Å². The predicted octanol–water partition coefficient (Wildman–Crippen LogP) is 0.862. The SMILES string of the molecule is O/C=C1/C=CC=[C]N1. The van der Waals surface area contributed by atoms with Crippen molar-refractivity contribution < 1.29 is 5.11 Å². The van der Waals surface area contributed by atoms with Gasteiger partial charge in [0.15, 0.2) is 0 Å². The molecule has 0 amide bonds. The van der Waals surface area contributed by atoms with Gasteiger partial charge in [0.25, 0.3) is 0 Å². The van der Waals surface area contributed by atoms with E-state index in [0.29, 0.717) is 5.70 Å². The van der Waals surface area contributed by atoms with Crippen molar-refractivity contribution in [3.05, 3.63) is 36.4 Å². The molecule has 2 nitrogen and oxygen atoms in total. The number of hydrogen-bond donors (Lipinski definition) is 2. The zero-order valence-corrected chi connectivity index (χ0v) is 4.26. The van der Waals surface area contributed by atoms with Crippen molar-refractivity contribution >= 4 is 0 Å². The van der Waals surface area contributed by atoms with Crippen molar-refractivity contribution in [2.75, 3.05) is 0 Å². The Balaban J connectivity index is 2.66. The molecule has 0 fully saturated rings. The first-order chi connectivity index (χ1) is 3.93. The van der Waals surface area contributed by atoms with Crippen molar-refractivity contribution in [2.45, 2.75) is 0 Å². The van der Waals surface area contributed by atoms with Gasteiger partial charge in [0, 0.05) is 0 Å². The first-order valence-corrected chi connectivity index (χ1v) is 2.29. The summed E-state index contributed by atoms with van der Waals surface area (Å²) in [6.45, 7) is 0. The van der Waals surface area contributed by atoms with E-state index >= 15 is 0 Å². The Kier molecular flexibility index (Phi) is 1.37. The third kappa shape index (κ3) is 0.904. The van der Waals surface area contributed by atoms with E-state index in [1.807, 2.05) is 0 Å². The monoisotopic (exact) mass is 108 g/mol. The Morgan fingerprint density at radius 2 is 2.62 bits per heavy atom. The number of dihydropyridines is 1. The number of hydrogen-bond acceptors (Lipinski definition) is 2. The molecule has 0 bridgehead atoms. The van der Waals surface area contributed by atoms with Gasteiger partial charge in [0.05, 0.1) is 11.9 Å². The van der Waals surface area contributed by atoms with Gasteiger partial charge in [-0.05, 0) is 12.2 Å². The lowest BCUT2D eigenvalue weighted by molar-refractivity contribution is 0.465. The third-order valence-corrected chi connectivity index (χ3v) is 0.811. The summed E-state index contributed by atoms with van der Waals surface area (Å²) in [7, 11) is 0. The van der Waals surface area contributed by atoms with Gasteiger partial charge < -0.3 is 10.4 Å². The second kappa shape index (κ2) is 2.21. The van der Waals surface area contributed by atoms with Crippen LogP contribution in [0.2, 0.25) is 0 Å². The summed E-state index contributed by atoms with van der Waals surface area (Å²) in [5.74, 6) is 0. The number of nitrogens with one attached hydrogen (secondary N) is 1. The molecule has 0 aromatic carbocycles. The largest absolute Gasteiger partial charge is 0.513 e. The van der Waals surface area contributed by atoms with Gasteiger partial charge in [-0.3, -0.25) is 0 Å². The fraction of sp³-hybridized carbons (Fsp3) is 0. The first kappa shape index (κ1) is 4.97. The number of allylic oxidation sites excluding steroid dienone is 3. The Bertz CT molecular complexity index is 156. The van der Waals surface area contributed by atoms with Crippen molar-refractivity contribution in [1.29, 1.82) is 0 Å². The van der Waals surface area contributed by atoms with Crippen LogP contribution >= 0.6 is 0 Å². The van der Waals surface area contributed by atoms with E-state index in [9.17, 15) is 0 Å². The summed E-state index contributed by atoms with van der Waals surface area (Å²) in [5.41, 5.74) is 0.660. The molecule has 41 valence electrons. The smallest absolute Gasteiger partial charge is 0.103 e. The van der Waals surface area contributed by atoms with E-state index in [1.54, 1.807) is 18.2 Å². The molecule has 2 N–H and O–H groups in total. The molecule has 1 aliphatic rings. The van der Waals surface area contributed by atoms with Crippen LogP contribution in [-0.2, 0) is 0 Å². The maximum Gasteiger partial charge on any atom is 0.103 e. The molecule has 0 aromatic heterocycles. The van der Waals surface area contributed by atoms with E-state index in [-0.39, 0.29) is 0 Å². The summed E-state index contributed by atoms with van der Waals surface area (Å²) in [6.07, 6.45) is 8.96. The topological polar surface area (TPSA) is 32.3 Å². The maximum atomic E-state index is 8.36. The highest BCUT2D eigenvalue weighted by Gasteiger charge is 1.88. The van der Waals surface area contributed by atoms with Crippen LogP contribution in [0.1, 0.15) is 0 Å². The Labute approximate surface area is 47.8 Å². The van der Waals surface area contributed by atoms with E-state index in [2.05, 4.69) is 11.5 Å². The molecule has 0 saturated heterocycles. The second-order valence-corrected chi connectivity index (χ2v) is 1.38. The minimum atomic E-state index is 0.660. The van der Waals surface area contributed by atoms with Crippen LogP contribution in [0.15, 0.2) is 30.2 Å². The Morgan fingerprint density at radius 1 is 1.75 bits per heavy atom. The molecule has 1 radical (unpaired) electrons. The van der Waals surface area contributed by atoms with Gasteiger partial charge in [0.1, 0.15) is 6.26 Å². The van der Waals surface area contributed by atoms with Gasteiger partial charge in [-0.15, -0.1) is 0 Å². The zero-order valence-electron chi connectivity index (χ0n) is 4.26. The van der Waals surface area contributed by atoms with Gasteiger partial charge >= 0.3 is 0 Å². The molecule has 0 saturated carbocycles. The molecule has 1 aliphatic heterocycles. The number of aliphatic hydroxyl groups excluding tert-OH is 1. The van der Waals surface area contributed by atoms with E-state index in [4.69, 9.17) is 5.11 Å². The molecule has 8 heavy (non-hydrogen) atoms. The van der Waals surface area contributed by atoms with Gasteiger partial charge in [0.2, 0.25) is 0 Å². The van der Waals surface area contributed by atoms with Gasteiger partial charge in [-0.2, -0.15) is 0 Å². The highest BCUT2D eigenvalue weighted by molar-refractivity contribution is 5.22. The summed E-state index contributed by atoms with van der Waals surface area (Å²) >= 11 is 0. The van der Waals surface area contributed by atoms with Crippen LogP contribution in [0.4, 0.5) is 0 Å². The second-order valence-electron chi connectivity index (χ2n) is 1.38. The third-order valence-electron chi connectivity index (χ3n) is 0.811.